The largest absolute Gasteiger partial charge is 0.385 e. The van der Waals surface area contributed by atoms with Gasteiger partial charge in [0.05, 0.1) is 0 Å². The molecular weight excluding hydrogens is 232 g/mol. The van der Waals surface area contributed by atoms with Gasteiger partial charge in [-0.3, -0.25) is 0 Å². The van der Waals surface area contributed by atoms with Crippen molar-refractivity contribution in [3.8, 4) is 0 Å². The van der Waals surface area contributed by atoms with Crippen LogP contribution in [0.5, 0.6) is 0 Å². The Morgan fingerprint density at radius 2 is 2.24 bits per heavy atom. The van der Waals surface area contributed by atoms with E-state index in [1.54, 1.807) is 7.11 Å². The second-order valence-electron chi connectivity index (χ2n) is 4.41. The van der Waals surface area contributed by atoms with E-state index < -0.39 is 0 Å². The third kappa shape index (κ3) is 5.17. The molecule has 0 bridgehead atoms. The smallest absolute Gasteiger partial charge is 0.0474 e. The van der Waals surface area contributed by atoms with Crippen LogP contribution in [0.4, 0.5) is 0 Å². The Labute approximate surface area is 109 Å². The maximum Gasteiger partial charge on any atom is 0.0474 e. The molecule has 0 radical (unpaired) electrons. The Balaban J connectivity index is 2.44. The molecule has 1 rings (SSSR count). The van der Waals surface area contributed by atoms with E-state index in [-0.39, 0.29) is 0 Å². The second-order valence-corrected chi connectivity index (χ2v) is 5.75. The number of methoxy groups -OCH3 is 1. The van der Waals surface area contributed by atoms with Crippen LogP contribution in [0.25, 0.3) is 0 Å². The van der Waals surface area contributed by atoms with Crippen molar-refractivity contribution in [1.82, 2.24) is 10.2 Å². The normalized spacial score (nSPS) is 11.4. The predicted octanol–water partition coefficient (Wildman–Crippen LogP) is 2.24. The van der Waals surface area contributed by atoms with Crippen molar-refractivity contribution >= 4 is 11.3 Å². The summed E-state index contributed by atoms with van der Waals surface area (Å²) in [6, 6.07) is 2.32. The number of rotatable bonds is 8. The number of nitrogens with one attached hydrogen (secondary N) is 1. The Morgan fingerprint density at radius 1 is 1.47 bits per heavy atom. The molecule has 0 amide bonds. The monoisotopic (exact) mass is 256 g/mol. The summed E-state index contributed by atoms with van der Waals surface area (Å²) in [7, 11) is 5.92. The van der Waals surface area contributed by atoms with E-state index in [2.05, 4.69) is 30.3 Å². The van der Waals surface area contributed by atoms with E-state index in [0.29, 0.717) is 0 Å². The van der Waals surface area contributed by atoms with Crippen LogP contribution in [0.2, 0.25) is 0 Å². The molecule has 0 atom stereocenters. The van der Waals surface area contributed by atoms with E-state index in [1.807, 2.05) is 18.4 Å². The first-order chi connectivity index (χ1) is 8.17. The zero-order chi connectivity index (χ0) is 12.7. The molecule has 0 fully saturated rings. The topological polar surface area (TPSA) is 24.5 Å². The van der Waals surface area contributed by atoms with Crippen LogP contribution in [0.1, 0.15) is 21.7 Å². The van der Waals surface area contributed by atoms with Gasteiger partial charge in [0.1, 0.15) is 0 Å². The van der Waals surface area contributed by atoms with E-state index >= 15 is 0 Å². The molecule has 1 aromatic rings. The molecule has 0 aliphatic rings. The summed E-state index contributed by atoms with van der Waals surface area (Å²) >= 11 is 1.90. The molecule has 17 heavy (non-hydrogen) atoms. The molecular formula is C13H24N2OS. The summed E-state index contributed by atoms with van der Waals surface area (Å²) in [5.74, 6) is 0. The quantitative estimate of drug-likeness (QED) is 0.722. The van der Waals surface area contributed by atoms with Gasteiger partial charge in [-0.15, -0.1) is 11.3 Å². The van der Waals surface area contributed by atoms with Crippen molar-refractivity contribution in [1.29, 1.82) is 0 Å². The molecule has 1 heterocycles. The van der Waals surface area contributed by atoms with Gasteiger partial charge < -0.3 is 15.0 Å². The molecule has 1 N–H and O–H groups in total. The Bertz CT molecular complexity index is 325. The van der Waals surface area contributed by atoms with Gasteiger partial charge in [-0.05, 0) is 39.1 Å². The summed E-state index contributed by atoms with van der Waals surface area (Å²) in [6.45, 7) is 6.15. The third-order valence-corrected chi connectivity index (χ3v) is 3.84. The summed E-state index contributed by atoms with van der Waals surface area (Å²) in [4.78, 5) is 5.22. The molecule has 0 unspecified atom stereocenters. The highest BCUT2D eigenvalue weighted by Gasteiger charge is 2.07. The minimum Gasteiger partial charge on any atom is -0.385 e. The van der Waals surface area contributed by atoms with E-state index in [9.17, 15) is 0 Å². The van der Waals surface area contributed by atoms with Gasteiger partial charge >= 0.3 is 0 Å². The minimum atomic E-state index is 0.845. The summed E-state index contributed by atoms with van der Waals surface area (Å²) in [5.41, 5.74) is 1.46. The average Bonchev–Trinajstić information content (AvgIpc) is 2.60. The number of aryl methyl sites for hydroxylation is 1. The lowest BCUT2D eigenvalue weighted by atomic mass is 10.2. The first kappa shape index (κ1) is 14.6. The second kappa shape index (κ2) is 7.82. The van der Waals surface area contributed by atoms with Gasteiger partial charge in [-0.25, -0.2) is 0 Å². The van der Waals surface area contributed by atoms with Gasteiger partial charge in [-0.2, -0.15) is 0 Å². The molecule has 1 aromatic heterocycles. The van der Waals surface area contributed by atoms with Gasteiger partial charge in [0.15, 0.2) is 0 Å². The maximum atomic E-state index is 5.07. The molecule has 4 heteroatoms. The fourth-order valence-electron chi connectivity index (χ4n) is 1.85. The summed E-state index contributed by atoms with van der Waals surface area (Å²) < 4.78 is 5.07. The fourth-order valence-corrected chi connectivity index (χ4v) is 2.92. The SMILES string of the molecule is CNCc1cc(CN(C)CCCOC)c(C)s1. The number of hydrogen-bond donors (Lipinski definition) is 1. The lowest BCUT2D eigenvalue weighted by Gasteiger charge is -2.15. The first-order valence-electron chi connectivity index (χ1n) is 6.07. The van der Waals surface area contributed by atoms with Crippen molar-refractivity contribution in [3.05, 3.63) is 21.4 Å². The van der Waals surface area contributed by atoms with E-state index in [4.69, 9.17) is 4.74 Å². The van der Waals surface area contributed by atoms with Crippen LogP contribution < -0.4 is 5.32 Å². The van der Waals surface area contributed by atoms with Crippen LogP contribution in [-0.4, -0.2) is 39.3 Å². The molecule has 3 nitrogen and oxygen atoms in total. The molecule has 0 spiro atoms. The van der Waals surface area contributed by atoms with Crippen LogP contribution in [0.3, 0.4) is 0 Å². The van der Waals surface area contributed by atoms with Crippen LogP contribution >= 0.6 is 11.3 Å². The number of ether oxygens (including phenoxy) is 1. The first-order valence-corrected chi connectivity index (χ1v) is 6.89. The lowest BCUT2D eigenvalue weighted by Crippen LogP contribution is -2.20. The Morgan fingerprint density at radius 3 is 2.88 bits per heavy atom. The predicted molar refractivity (Wildman–Crippen MR) is 74.6 cm³/mol. The molecule has 0 aliphatic heterocycles. The lowest BCUT2D eigenvalue weighted by molar-refractivity contribution is 0.178. The molecule has 98 valence electrons. The fraction of sp³-hybridized carbons (Fsp3) is 0.692. The van der Waals surface area contributed by atoms with Crippen molar-refractivity contribution in [2.75, 3.05) is 34.4 Å². The number of hydrogen-bond acceptors (Lipinski definition) is 4. The van der Waals surface area contributed by atoms with Crippen LogP contribution in [0.15, 0.2) is 6.07 Å². The van der Waals surface area contributed by atoms with Gasteiger partial charge in [0, 0.05) is 43.1 Å². The van der Waals surface area contributed by atoms with Crippen molar-refractivity contribution < 1.29 is 4.74 Å². The highest BCUT2D eigenvalue weighted by molar-refractivity contribution is 7.12. The van der Waals surface area contributed by atoms with Crippen LogP contribution in [-0.2, 0) is 17.8 Å². The van der Waals surface area contributed by atoms with Crippen LogP contribution in [0, 0.1) is 6.92 Å². The maximum absolute atomic E-state index is 5.07. The van der Waals surface area contributed by atoms with Gasteiger partial charge in [0.2, 0.25) is 0 Å². The van der Waals surface area contributed by atoms with E-state index in [1.165, 1.54) is 15.3 Å². The molecule has 0 aromatic carbocycles. The average molecular weight is 256 g/mol. The number of thiophene rings is 1. The molecule has 0 saturated heterocycles. The zero-order valence-electron chi connectivity index (χ0n) is 11.4. The van der Waals surface area contributed by atoms with Crippen molar-refractivity contribution in [2.45, 2.75) is 26.4 Å². The molecule has 0 saturated carbocycles. The molecule has 0 aliphatic carbocycles. The third-order valence-electron chi connectivity index (χ3n) is 2.75. The van der Waals surface area contributed by atoms with Crippen molar-refractivity contribution in [3.63, 3.8) is 0 Å². The summed E-state index contributed by atoms with van der Waals surface area (Å²) in [5, 5.41) is 3.20. The standard InChI is InChI=1S/C13H24N2OS/c1-11-12(8-13(17-11)9-14-2)10-15(3)6-5-7-16-4/h8,14H,5-7,9-10H2,1-4H3. The summed E-state index contributed by atoms with van der Waals surface area (Å²) in [6.07, 6.45) is 1.10. The van der Waals surface area contributed by atoms with Crippen molar-refractivity contribution in [2.24, 2.45) is 0 Å². The van der Waals surface area contributed by atoms with Gasteiger partial charge in [0.25, 0.3) is 0 Å². The highest BCUT2D eigenvalue weighted by Crippen LogP contribution is 2.22. The Kier molecular flexibility index (Phi) is 6.73. The zero-order valence-corrected chi connectivity index (χ0v) is 12.2. The minimum absolute atomic E-state index is 0.845. The van der Waals surface area contributed by atoms with E-state index in [0.717, 1.165) is 32.7 Å². The Hall–Kier alpha value is -0.420. The number of nitrogens with zero attached hydrogens (tertiary/aromatic N) is 1. The van der Waals surface area contributed by atoms with Gasteiger partial charge in [-0.1, -0.05) is 0 Å². The highest BCUT2D eigenvalue weighted by atomic mass is 32.1.